The van der Waals surface area contributed by atoms with Crippen LogP contribution in [0.25, 0.3) is 11.1 Å². The lowest BCUT2D eigenvalue weighted by molar-refractivity contribution is 0.103. The van der Waals surface area contributed by atoms with Gasteiger partial charge in [0.2, 0.25) is 0 Å². The van der Waals surface area contributed by atoms with Gasteiger partial charge in [0.15, 0.2) is 17.8 Å². The molecule has 1 heterocycles. The van der Waals surface area contributed by atoms with Crippen molar-refractivity contribution in [1.82, 2.24) is 9.71 Å². The zero-order chi connectivity index (χ0) is 18.7. The van der Waals surface area contributed by atoms with Crippen molar-refractivity contribution < 1.29 is 26.8 Å². The van der Waals surface area contributed by atoms with Crippen molar-refractivity contribution in [1.29, 1.82) is 0 Å². The first-order valence-corrected chi connectivity index (χ1v) is 8.72. The molecular weight excluding hydrogens is 366 g/mol. The molecule has 0 amide bonds. The normalized spacial score (nSPS) is 12.4. The van der Waals surface area contributed by atoms with Crippen LogP contribution in [0.3, 0.4) is 0 Å². The summed E-state index contributed by atoms with van der Waals surface area (Å²) in [6, 6.07) is 6.28. The topological polar surface area (TPSA) is 95.3 Å². The molecule has 0 spiro atoms. The molecule has 0 fully saturated rings. The van der Waals surface area contributed by atoms with Gasteiger partial charge in [-0.25, -0.2) is 18.5 Å². The van der Waals surface area contributed by atoms with Gasteiger partial charge in [-0.3, -0.25) is 9.00 Å². The molecule has 1 aromatic heterocycles. The van der Waals surface area contributed by atoms with E-state index in [1.807, 2.05) is 0 Å². The van der Waals surface area contributed by atoms with Crippen LogP contribution in [-0.4, -0.2) is 26.1 Å². The Bertz CT molecular complexity index is 990. The standard InChI is InChI=1S/C17H14F2N2O4S/c18-12-6-10(2-1-5-21-26(23)24)16(19)13(8-12)17(22)11-3-4-14-15(7-11)25-9-20-14/h3-4,6-9,21H,1-2,5H2,(H,23,24)/p-1. The molecule has 0 saturated heterocycles. The fourth-order valence-corrected chi connectivity index (χ4v) is 2.89. The number of hydrogen-bond donors (Lipinski definition) is 1. The molecule has 2 aromatic carbocycles. The van der Waals surface area contributed by atoms with Crippen LogP contribution in [0.1, 0.15) is 27.9 Å². The van der Waals surface area contributed by atoms with Gasteiger partial charge in [-0.15, -0.1) is 0 Å². The Hall–Kier alpha value is -2.49. The molecule has 3 rings (SSSR count). The Morgan fingerprint density at radius 2 is 2.08 bits per heavy atom. The second kappa shape index (κ2) is 7.81. The van der Waals surface area contributed by atoms with E-state index in [0.717, 1.165) is 12.1 Å². The average Bonchev–Trinajstić information content (AvgIpc) is 3.08. The lowest BCUT2D eigenvalue weighted by Gasteiger charge is -2.10. The number of nitrogens with one attached hydrogen (secondary N) is 1. The largest absolute Gasteiger partial charge is 0.760 e. The van der Waals surface area contributed by atoms with Gasteiger partial charge in [0, 0.05) is 23.4 Å². The molecule has 0 radical (unpaired) electrons. The van der Waals surface area contributed by atoms with Crippen molar-refractivity contribution in [3.63, 3.8) is 0 Å². The molecule has 0 aliphatic heterocycles. The lowest BCUT2D eigenvalue weighted by Crippen LogP contribution is -2.18. The number of aromatic nitrogens is 1. The highest BCUT2D eigenvalue weighted by molar-refractivity contribution is 7.77. The summed E-state index contributed by atoms with van der Waals surface area (Å²) in [6.07, 6.45) is 1.56. The third-order valence-electron chi connectivity index (χ3n) is 3.79. The van der Waals surface area contributed by atoms with Crippen LogP contribution >= 0.6 is 0 Å². The van der Waals surface area contributed by atoms with E-state index < -0.39 is 28.7 Å². The summed E-state index contributed by atoms with van der Waals surface area (Å²) < 4.78 is 56.6. The first-order chi connectivity index (χ1) is 12.5. The molecule has 6 nitrogen and oxygen atoms in total. The number of aryl methyl sites for hydroxylation is 1. The van der Waals surface area contributed by atoms with E-state index in [1.54, 1.807) is 6.07 Å². The third kappa shape index (κ3) is 4.01. The number of oxazole rings is 1. The summed E-state index contributed by atoms with van der Waals surface area (Å²) in [5.41, 5.74) is 0.676. The Morgan fingerprint density at radius 1 is 1.27 bits per heavy atom. The highest BCUT2D eigenvalue weighted by Gasteiger charge is 2.19. The lowest BCUT2D eigenvalue weighted by atomic mass is 9.98. The van der Waals surface area contributed by atoms with Crippen LogP contribution in [0.2, 0.25) is 0 Å². The molecule has 1 N–H and O–H groups in total. The van der Waals surface area contributed by atoms with Crippen LogP contribution in [0, 0.1) is 11.6 Å². The fourth-order valence-electron chi connectivity index (χ4n) is 2.58. The van der Waals surface area contributed by atoms with Gasteiger partial charge in [0.1, 0.15) is 17.2 Å². The van der Waals surface area contributed by atoms with Crippen molar-refractivity contribution in [2.75, 3.05) is 6.54 Å². The number of halogens is 2. The molecule has 1 atom stereocenters. The van der Waals surface area contributed by atoms with E-state index in [9.17, 15) is 22.3 Å². The second-order valence-corrected chi connectivity index (χ2v) is 6.28. The number of nitrogens with zero attached hydrogens (tertiary/aromatic N) is 1. The van der Waals surface area contributed by atoms with Crippen LogP contribution in [0.5, 0.6) is 0 Å². The van der Waals surface area contributed by atoms with Gasteiger partial charge in [-0.05, 0) is 48.7 Å². The van der Waals surface area contributed by atoms with E-state index in [4.69, 9.17) is 4.42 Å². The van der Waals surface area contributed by atoms with Crippen LogP contribution in [0.4, 0.5) is 8.78 Å². The summed E-state index contributed by atoms with van der Waals surface area (Å²) in [5, 5.41) is 0. The predicted octanol–water partition coefficient (Wildman–Crippen LogP) is 2.65. The monoisotopic (exact) mass is 379 g/mol. The minimum Gasteiger partial charge on any atom is -0.760 e. The van der Waals surface area contributed by atoms with Gasteiger partial charge < -0.3 is 8.97 Å². The molecule has 0 aliphatic carbocycles. The highest BCUT2D eigenvalue weighted by atomic mass is 32.2. The van der Waals surface area contributed by atoms with Gasteiger partial charge in [0.05, 0.1) is 5.56 Å². The molecule has 26 heavy (non-hydrogen) atoms. The van der Waals surface area contributed by atoms with E-state index in [0.29, 0.717) is 11.1 Å². The Kier molecular flexibility index (Phi) is 5.50. The first kappa shape index (κ1) is 18.3. The summed E-state index contributed by atoms with van der Waals surface area (Å²) in [6.45, 7) is 0.0809. The third-order valence-corrected chi connectivity index (χ3v) is 4.23. The maximum absolute atomic E-state index is 14.7. The molecule has 0 saturated carbocycles. The highest BCUT2D eigenvalue weighted by Crippen LogP contribution is 2.22. The van der Waals surface area contributed by atoms with E-state index in [-0.39, 0.29) is 36.1 Å². The Balaban J connectivity index is 1.86. The summed E-state index contributed by atoms with van der Waals surface area (Å²) >= 11 is -2.41. The maximum Gasteiger partial charge on any atom is 0.196 e. The van der Waals surface area contributed by atoms with Crippen LogP contribution in [-0.2, 0) is 17.7 Å². The van der Waals surface area contributed by atoms with Crippen molar-refractivity contribution >= 4 is 28.1 Å². The first-order valence-electron chi connectivity index (χ1n) is 7.64. The number of carbonyl (C=O) groups excluding carboxylic acids is 1. The molecule has 136 valence electrons. The molecule has 3 aromatic rings. The van der Waals surface area contributed by atoms with Crippen LogP contribution < -0.4 is 4.72 Å². The molecule has 1 unspecified atom stereocenters. The molecule has 0 aliphatic rings. The minimum atomic E-state index is -2.41. The van der Waals surface area contributed by atoms with Gasteiger partial charge in [-0.1, -0.05) is 0 Å². The molecule has 0 bridgehead atoms. The maximum atomic E-state index is 14.7. The zero-order valence-electron chi connectivity index (χ0n) is 13.3. The number of benzene rings is 2. The van der Waals surface area contributed by atoms with Crippen molar-refractivity contribution in [3.8, 4) is 0 Å². The minimum absolute atomic E-state index is 0.00701. The average molecular weight is 379 g/mol. The summed E-state index contributed by atoms with van der Waals surface area (Å²) in [5.74, 6) is -2.25. The SMILES string of the molecule is O=C(c1ccc2ncoc2c1)c1cc(F)cc(CCCNS(=O)[O-])c1F. The smallest absolute Gasteiger partial charge is 0.196 e. The molecule has 9 heteroatoms. The predicted molar refractivity (Wildman–Crippen MR) is 89.0 cm³/mol. The molecular formula is C17H13F2N2O4S-. The van der Waals surface area contributed by atoms with Crippen LogP contribution in [0.15, 0.2) is 41.1 Å². The van der Waals surface area contributed by atoms with Gasteiger partial charge in [-0.2, -0.15) is 0 Å². The van der Waals surface area contributed by atoms with Crippen molar-refractivity contribution in [3.05, 3.63) is 65.1 Å². The van der Waals surface area contributed by atoms with Crippen molar-refractivity contribution in [2.24, 2.45) is 0 Å². The van der Waals surface area contributed by atoms with E-state index in [1.165, 1.54) is 18.5 Å². The van der Waals surface area contributed by atoms with E-state index in [2.05, 4.69) is 9.71 Å². The summed E-state index contributed by atoms with van der Waals surface area (Å²) in [4.78, 5) is 16.5. The van der Waals surface area contributed by atoms with E-state index >= 15 is 0 Å². The number of rotatable bonds is 7. The number of hydrogen-bond acceptors (Lipinski definition) is 5. The van der Waals surface area contributed by atoms with Gasteiger partial charge in [0.25, 0.3) is 0 Å². The van der Waals surface area contributed by atoms with Gasteiger partial charge >= 0.3 is 0 Å². The number of fused-ring (bicyclic) bond motifs is 1. The number of ketones is 1. The second-order valence-electron chi connectivity index (χ2n) is 5.52. The zero-order valence-corrected chi connectivity index (χ0v) is 14.1. The Labute approximate surface area is 149 Å². The Morgan fingerprint density at radius 3 is 2.85 bits per heavy atom. The van der Waals surface area contributed by atoms with Crippen molar-refractivity contribution in [2.45, 2.75) is 12.8 Å². The quantitative estimate of drug-likeness (QED) is 0.387. The fraction of sp³-hybridized carbons (Fsp3) is 0.176. The summed E-state index contributed by atoms with van der Waals surface area (Å²) in [7, 11) is 0. The number of carbonyl (C=O) groups is 1.